The van der Waals surface area contributed by atoms with Crippen molar-refractivity contribution in [2.45, 2.75) is 13.0 Å². The van der Waals surface area contributed by atoms with Gasteiger partial charge in [0.15, 0.2) is 0 Å². The number of hydrogen-bond acceptors (Lipinski definition) is 5. The number of anilines is 1. The Bertz CT molecular complexity index is 1090. The van der Waals surface area contributed by atoms with Gasteiger partial charge in [-0.15, -0.1) is 0 Å². The van der Waals surface area contributed by atoms with Crippen molar-refractivity contribution in [2.24, 2.45) is 0 Å². The average Bonchev–Trinajstić information content (AvgIpc) is 3.28. The summed E-state index contributed by atoms with van der Waals surface area (Å²) in [5.74, 6) is 0.434. The number of aromatic nitrogens is 2. The molecule has 0 radical (unpaired) electrons. The number of para-hydroxylation sites is 1. The summed E-state index contributed by atoms with van der Waals surface area (Å²) in [4.78, 5) is 17.4. The van der Waals surface area contributed by atoms with Crippen LogP contribution < -0.4 is 15.0 Å². The molecule has 2 aromatic carbocycles. The van der Waals surface area contributed by atoms with Crippen molar-refractivity contribution in [3.05, 3.63) is 65.6 Å². The topological polar surface area (TPSA) is 73.5 Å². The number of piperazine rings is 1. The number of nitrogens with zero attached hydrogens (tertiary/aromatic N) is 3. The second kappa shape index (κ2) is 9.00. The number of nitrogens with one attached hydrogen (secondary N) is 2. The number of fused-ring (bicyclic) bond motifs is 3. The van der Waals surface area contributed by atoms with Crippen LogP contribution in [0.5, 0.6) is 5.75 Å². The Hall–Kier alpha value is -3.39. The summed E-state index contributed by atoms with van der Waals surface area (Å²) < 4.78 is 18.9. The number of carbonyl (C=O) groups is 1. The maximum Gasteiger partial charge on any atom is 0.269 e. The summed E-state index contributed by atoms with van der Waals surface area (Å²) in [5, 5.41) is 10.2. The van der Waals surface area contributed by atoms with Crippen LogP contribution in [-0.4, -0.2) is 60.3 Å². The average molecular weight is 436 g/mol. The minimum absolute atomic E-state index is 0.150. The fourth-order valence-electron chi connectivity index (χ4n) is 4.33. The van der Waals surface area contributed by atoms with E-state index >= 15 is 0 Å². The zero-order valence-corrected chi connectivity index (χ0v) is 17.8. The van der Waals surface area contributed by atoms with Crippen molar-refractivity contribution in [3.63, 3.8) is 0 Å². The molecule has 0 unspecified atom stereocenters. The molecule has 1 fully saturated rings. The van der Waals surface area contributed by atoms with E-state index < -0.39 is 0 Å². The zero-order valence-electron chi connectivity index (χ0n) is 17.8. The number of halogens is 1. The number of amides is 1. The predicted octanol–water partition coefficient (Wildman–Crippen LogP) is 3.05. The fourth-order valence-corrected chi connectivity index (χ4v) is 4.33. The van der Waals surface area contributed by atoms with Gasteiger partial charge in [0.2, 0.25) is 0 Å². The van der Waals surface area contributed by atoms with Crippen LogP contribution >= 0.6 is 0 Å². The van der Waals surface area contributed by atoms with Crippen LogP contribution in [0.25, 0.3) is 11.3 Å². The Morgan fingerprint density at radius 3 is 2.69 bits per heavy atom. The molecular weight excluding hydrogens is 409 g/mol. The van der Waals surface area contributed by atoms with Crippen LogP contribution in [0.15, 0.2) is 48.5 Å². The third-order valence-corrected chi connectivity index (χ3v) is 6.11. The van der Waals surface area contributed by atoms with Crippen molar-refractivity contribution < 1.29 is 13.9 Å². The molecule has 0 bridgehead atoms. The Morgan fingerprint density at radius 2 is 1.88 bits per heavy atom. The number of rotatable bonds is 6. The van der Waals surface area contributed by atoms with Crippen molar-refractivity contribution in [2.75, 3.05) is 44.2 Å². The molecule has 3 aromatic rings. The summed E-state index contributed by atoms with van der Waals surface area (Å²) in [6.07, 6.45) is 0.873. The van der Waals surface area contributed by atoms with Crippen LogP contribution in [0.3, 0.4) is 0 Å². The molecule has 2 N–H and O–H groups in total. The Morgan fingerprint density at radius 1 is 1.09 bits per heavy atom. The molecule has 32 heavy (non-hydrogen) atoms. The van der Waals surface area contributed by atoms with E-state index in [-0.39, 0.29) is 11.7 Å². The van der Waals surface area contributed by atoms with E-state index in [1.165, 1.54) is 12.1 Å². The quantitative estimate of drug-likeness (QED) is 0.583. The molecule has 0 aliphatic carbocycles. The predicted molar refractivity (Wildman–Crippen MR) is 120 cm³/mol. The van der Waals surface area contributed by atoms with Gasteiger partial charge in [0.05, 0.1) is 0 Å². The highest BCUT2D eigenvalue weighted by Gasteiger charge is 2.26. The molecule has 7 nitrogen and oxygen atoms in total. The zero-order chi connectivity index (χ0) is 21.9. The lowest BCUT2D eigenvalue weighted by Gasteiger charge is -2.36. The number of carbonyl (C=O) groups excluding carboxylic acids is 1. The molecule has 0 saturated carbocycles. The van der Waals surface area contributed by atoms with Crippen LogP contribution in [0.4, 0.5) is 10.1 Å². The molecule has 1 amide bonds. The maximum atomic E-state index is 13.1. The maximum absolute atomic E-state index is 13.1. The van der Waals surface area contributed by atoms with Gasteiger partial charge >= 0.3 is 0 Å². The van der Waals surface area contributed by atoms with Gasteiger partial charge < -0.3 is 15.0 Å². The van der Waals surface area contributed by atoms with E-state index in [1.54, 1.807) is 0 Å². The molecule has 1 saturated heterocycles. The summed E-state index contributed by atoms with van der Waals surface area (Å²) >= 11 is 0. The lowest BCUT2D eigenvalue weighted by Crippen LogP contribution is -2.47. The summed E-state index contributed by atoms with van der Waals surface area (Å²) in [7, 11) is 0. The van der Waals surface area contributed by atoms with Gasteiger partial charge in [0.25, 0.3) is 5.91 Å². The van der Waals surface area contributed by atoms with Gasteiger partial charge in [-0.05, 0) is 49.4 Å². The number of benzene rings is 2. The smallest absolute Gasteiger partial charge is 0.269 e. The first kappa shape index (κ1) is 20.5. The first-order valence-electron chi connectivity index (χ1n) is 11.0. The van der Waals surface area contributed by atoms with E-state index in [0.29, 0.717) is 18.8 Å². The highest BCUT2D eigenvalue weighted by Crippen LogP contribution is 2.36. The monoisotopic (exact) mass is 435 g/mol. The second-order valence-corrected chi connectivity index (χ2v) is 8.13. The van der Waals surface area contributed by atoms with E-state index in [9.17, 15) is 9.18 Å². The van der Waals surface area contributed by atoms with Crippen LogP contribution in [-0.2, 0) is 6.61 Å². The first-order valence-corrected chi connectivity index (χ1v) is 11.0. The molecule has 5 rings (SSSR count). The summed E-state index contributed by atoms with van der Waals surface area (Å²) in [5.41, 5.74) is 4.04. The normalized spacial score (nSPS) is 15.6. The molecule has 3 heterocycles. The first-order chi connectivity index (χ1) is 15.7. The highest BCUT2D eigenvalue weighted by molar-refractivity contribution is 5.96. The number of aromatic amines is 1. The van der Waals surface area contributed by atoms with E-state index in [0.717, 1.165) is 67.4 Å². The van der Waals surface area contributed by atoms with Crippen LogP contribution in [0, 0.1) is 5.82 Å². The third kappa shape index (κ3) is 4.18. The standard InChI is InChI=1S/C24H26FN5O2/c25-17-6-8-18(9-7-17)30-14-12-29(13-15-30)11-3-10-26-24(31)23-20-16-32-21-5-2-1-4-19(21)22(20)27-28-23/h1-2,4-9H,3,10-16H2,(H,26,31)(H,27,28). The Kier molecular flexibility index (Phi) is 5.77. The summed E-state index contributed by atoms with van der Waals surface area (Å²) in [6.45, 7) is 5.60. The van der Waals surface area contributed by atoms with Crippen LogP contribution in [0.2, 0.25) is 0 Å². The van der Waals surface area contributed by atoms with E-state index in [2.05, 4.69) is 25.3 Å². The molecular formula is C24H26FN5O2. The molecule has 2 aliphatic heterocycles. The fraction of sp³-hybridized carbons (Fsp3) is 0.333. The minimum Gasteiger partial charge on any atom is -0.488 e. The molecule has 0 spiro atoms. The van der Waals surface area contributed by atoms with Gasteiger partial charge in [-0.25, -0.2) is 4.39 Å². The van der Waals surface area contributed by atoms with Gasteiger partial charge in [0.1, 0.15) is 29.6 Å². The molecule has 1 aromatic heterocycles. The lowest BCUT2D eigenvalue weighted by molar-refractivity contribution is 0.0944. The second-order valence-electron chi connectivity index (χ2n) is 8.13. The molecule has 8 heteroatoms. The number of hydrogen-bond donors (Lipinski definition) is 2. The van der Waals surface area contributed by atoms with Gasteiger partial charge in [0, 0.05) is 49.5 Å². The molecule has 0 atom stereocenters. The van der Waals surface area contributed by atoms with Crippen molar-refractivity contribution in [1.29, 1.82) is 0 Å². The van der Waals surface area contributed by atoms with Gasteiger partial charge in [-0.2, -0.15) is 5.10 Å². The van der Waals surface area contributed by atoms with Gasteiger partial charge in [-0.3, -0.25) is 14.8 Å². The number of ether oxygens (including phenoxy) is 1. The van der Waals surface area contributed by atoms with E-state index in [1.807, 2.05) is 36.4 Å². The minimum atomic E-state index is -0.206. The molecule has 166 valence electrons. The Balaban J connectivity index is 1.08. The SMILES string of the molecule is O=C(NCCCN1CCN(c2ccc(F)cc2)CC1)c1[nH]nc2c1COc1ccccc1-2. The Labute approximate surface area is 186 Å². The van der Waals surface area contributed by atoms with Crippen molar-refractivity contribution in [3.8, 4) is 17.0 Å². The third-order valence-electron chi connectivity index (χ3n) is 6.11. The van der Waals surface area contributed by atoms with Gasteiger partial charge in [-0.1, -0.05) is 12.1 Å². The van der Waals surface area contributed by atoms with Crippen LogP contribution in [0.1, 0.15) is 22.5 Å². The van der Waals surface area contributed by atoms with Crippen molar-refractivity contribution >= 4 is 11.6 Å². The van der Waals surface area contributed by atoms with Crippen molar-refractivity contribution in [1.82, 2.24) is 20.4 Å². The highest BCUT2D eigenvalue weighted by atomic mass is 19.1. The van der Waals surface area contributed by atoms with E-state index in [4.69, 9.17) is 4.74 Å². The molecule has 2 aliphatic rings. The summed E-state index contributed by atoms with van der Waals surface area (Å²) in [6, 6.07) is 14.4. The lowest BCUT2D eigenvalue weighted by atomic mass is 10.0. The largest absolute Gasteiger partial charge is 0.488 e. The number of H-pyrrole nitrogens is 1.